The molecule has 0 saturated carbocycles. The molecule has 16 heavy (non-hydrogen) atoms. The molecule has 80 valence electrons. The molecule has 0 aliphatic rings. The van der Waals surface area contributed by atoms with Gasteiger partial charge in [0.1, 0.15) is 5.01 Å². The first kappa shape index (κ1) is 9.69. The van der Waals surface area contributed by atoms with E-state index >= 15 is 0 Å². The quantitative estimate of drug-likeness (QED) is 0.669. The molecule has 1 aromatic carbocycles. The van der Waals surface area contributed by atoms with Gasteiger partial charge in [-0.15, -0.1) is 11.3 Å². The number of benzene rings is 1. The van der Waals surface area contributed by atoms with E-state index in [1.807, 2.05) is 24.3 Å². The molecule has 0 bridgehead atoms. The fourth-order valence-electron chi connectivity index (χ4n) is 1.50. The van der Waals surface area contributed by atoms with Crippen LogP contribution in [0.5, 0.6) is 0 Å². The summed E-state index contributed by atoms with van der Waals surface area (Å²) in [6, 6.07) is 7.45. The van der Waals surface area contributed by atoms with Crippen LogP contribution < -0.4 is 5.73 Å². The summed E-state index contributed by atoms with van der Waals surface area (Å²) in [4.78, 5) is 4.48. The van der Waals surface area contributed by atoms with Crippen molar-refractivity contribution in [2.75, 3.05) is 5.73 Å². The van der Waals surface area contributed by atoms with Gasteiger partial charge in [-0.05, 0) is 35.9 Å². The van der Waals surface area contributed by atoms with E-state index in [0.717, 1.165) is 26.5 Å². The number of nitrogens with two attached hydrogens (primary N) is 1. The Morgan fingerprint density at radius 1 is 1.31 bits per heavy atom. The van der Waals surface area contributed by atoms with Gasteiger partial charge >= 0.3 is 0 Å². The fourth-order valence-corrected chi connectivity index (χ4v) is 2.80. The zero-order valence-electron chi connectivity index (χ0n) is 8.11. The molecule has 2 heterocycles. The number of fused-ring (bicyclic) bond motifs is 1. The molecule has 0 aliphatic carbocycles. The lowest BCUT2D eigenvalue weighted by atomic mass is 10.3. The van der Waals surface area contributed by atoms with E-state index in [2.05, 4.69) is 4.98 Å². The molecule has 0 saturated heterocycles. The lowest BCUT2D eigenvalue weighted by molar-refractivity contribution is 0.570. The maximum atomic E-state index is 5.91. The van der Waals surface area contributed by atoms with Gasteiger partial charge in [0.15, 0.2) is 0 Å². The highest BCUT2D eigenvalue weighted by molar-refractivity contribution is 7.21. The van der Waals surface area contributed by atoms with Gasteiger partial charge in [-0.25, -0.2) is 4.98 Å². The SMILES string of the molecule is Nc1ccc2nc(-c3ccoc3Cl)sc2c1. The molecule has 0 amide bonds. The van der Waals surface area contributed by atoms with Crippen molar-refractivity contribution in [2.45, 2.75) is 0 Å². The second kappa shape index (κ2) is 3.50. The first-order valence-corrected chi connectivity index (χ1v) is 5.83. The van der Waals surface area contributed by atoms with E-state index in [-0.39, 0.29) is 0 Å². The highest BCUT2D eigenvalue weighted by atomic mass is 35.5. The van der Waals surface area contributed by atoms with Crippen molar-refractivity contribution in [3.8, 4) is 10.6 Å². The number of hydrogen-bond donors (Lipinski definition) is 1. The zero-order chi connectivity index (χ0) is 11.1. The van der Waals surface area contributed by atoms with Crippen LogP contribution in [0.3, 0.4) is 0 Å². The summed E-state index contributed by atoms with van der Waals surface area (Å²) < 4.78 is 6.09. The van der Waals surface area contributed by atoms with Gasteiger partial charge in [0.2, 0.25) is 5.22 Å². The molecule has 5 heteroatoms. The topological polar surface area (TPSA) is 52.0 Å². The van der Waals surface area contributed by atoms with Crippen molar-refractivity contribution in [1.29, 1.82) is 0 Å². The first-order chi connectivity index (χ1) is 7.74. The van der Waals surface area contributed by atoms with Gasteiger partial charge in [-0.2, -0.15) is 0 Å². The summed E-state index contributed by atoms with van der Waals surface area (Å²) in [5.41, 5.74) is 8.20. The molecular weight excluding hydrogens is 244 g/mol. The third-order valence-electron chi connectivity index (χ3n) is 2.26. The second-order valence-electron chi connectivity index (χ2n) is 3.35. The van der Waals surface area contributed by atoms with Crippen LogP contribution in [-0.2, 0) is 0 Å². The third kappa shape index (κ3) is 1.47. The lowest BCUT2D eigenvalue weighted by Gasteiger charge is -1.89. The standard InChI is InChI=1S/C11H7ClN2OS/c12-10-7(3-4-15-10)11-14-8-2-1-6(13)5-9(8)16-11/h1-5H,13H2. The molecule has 0 fully saturated rings. The van der Waals surface area contributed by atoms with Gasteiger partial charge < -0.3 is 10.2 Å². The Balaban J connectivity index is 2.23. The molecule has 0 atom stereocenters. The molecule has 0 unspecified atom stereocenters. The minimum Gasteiger partial charge on any atom is -0.452 e. The summed E-state index contributed by atoms with van der Waals surface area (Å²) >= 11 is 7.46. The summed E-state index contributed by atoms with van der Waals surface area (Å²) in [6.45, 7) is 0. The maximum absolute atomic E-state index is 5.91. The average molecular weight is 251 g/mol. The fraction of sp³-hybridized carbons (Fsp3) is 0. The van der Waals surface area contributed by atoms with Crippen LogP contribution in [0, 0.1) is 0 Å². The van der Waals surface area contributed by atoms with Crippen LogP contribution in [-0.4, -0.2) is 4.98 Å². The van der Waals surface area contributed by atoms with Crippen molar-refractivity contribution in [3.63, 3.8) is 0 Å². The van der Waals surface area contributed by atoms with Crippen LogP contribution in [0.1, 0.15) is 0 Å². The van der Waals surface area contributed by atoms with E-state index in [1.165, 1.54) is 0 Å². The maximum Gasteiger partial charge on any atom is 0.203 e. The molecule has 0 radical (unpaired) electrons. The molecule has 3 nitrogen and oxygen atoms in total. The molecule has 2 N–H and O–H groups in total. The van der Waals surface area contributed by atoms with E-state index < -0.39 is 0 Å². The summed E-state index contributed by atoms with van der Waals surface area (Å²) in [5, 5.41) is 1.21. The number of hydrogen-bond acceptors (Lipinski definition) is 4. The van der Waals surface area contributed by atoms with E-state index in [9.17, 15) is 0 Å². The second-order valence-corrected chi connectivity index (χ2v) is 4.73. The van der Waals surface area contributed by atoms with E-state index in [4.69, 9.17) is 21.8 Å². The van der Waals surface area contributed by atoms with Crippen LogP contribution in [0.25, 0.3) is 20.8 Å². The number of anilines is 1. The molecule has 0 spiro atoms. The Morgan fingerprint density at radius 2 is 2.19 bits per heavy atom. The summed E-state index contributed by atoms with van der Waals surface area (Å²) in [5.74, 6) is 0. The Kier molecular flexibility index (Phi) is 2.12. The molecular formula is C11H7ClN2OS. The third-order valence-corrected chi connectivity index (χ3v) is 3.61. The number of rotatable bonds is 1. The van der Waals surface area contributed by atoms with Gasteiger partial charge in [-0.1, -0.05) is 0 Å². The molecule has 2 aromatic heterocycles. The van der Waals surface area contributed by atoms with E-state index in [0.29, 0.717) is 5.22 Å². The van der Waals surface area contributed by atoms with Crippen molar-refractivity contribution < 1.29 is 4.42 Å². The number of nitrogens with zero attached hydrogens (tertiary/aromatic N) is 1. The van der Waals surface area contributed by atoms with E-state index in [1.54, 1.807) is 17.6 Å². The van der Waals surface area contributed by atoms with Crippen molar-refractivity contribution in [2.24, 2.45) is 0 Å². The molecule has 3 rings (SSSR count). The minimum atomic E-state index is 0.368. The molecule has 0 aliphatic heterocycles. The lowest BCUT2D eigenvalue weighted by Crippen LogP contribution is -1.81. The van der Waals surface area contributed by atoms with Crippen LogP contribution in [0.15, 0.2) is 34.9 Å². The number of thiazole rings is 1. The number of halogens is 1. The Bertz CT molecular complexity index is 659. The summed E-state index contributed by atoms with van der Waals surface area (Å²) in [7, 11) is 0. The predicted molar refractivity (Wildman–Crippen MR) is 66.7 cm³/mol. The van der Waals surface area contributed by atoms with Crippen LogP contribution >= 0.6 is 22.9 Å². The van der Waals surface area contributed by atoms with Gasteiger partial charge in [0.05, 0.1) is 22.0 Å². The monoisotopic (exact) mass is 250 g/mol. The van der Waals surface area contributed by atoms with Gasteiger partial charge in [0, 0.05) is 5.69 Å². The minimum absolute atomic E-state index is 0.368. The highest BCUT2D eigenvalue weighted by Gasteiger charge is 2.11. The van der Waals surface area contributed by atoms with Crippen LogP contribution in [0.4, 0.5) is 5.69 Å². The highest BCUT2D eigenvalue weighted by Crippen LogP contribution is 2.35. The van der Waals surface area contributed by atoms with Crippen molar-refractivity contribution >= 4 is 38.8 Å². The normalized spacial score (nSPS) is 11.1. The smallest absolute Gasteiger partial charge is 0.203 e. The molecule has 3 aromatic rings. The Hall–Kier alpha value is -1.52. The largest absolute Gasteiger partial charge is 0.452 e. The Labute approximate surface area is 100 Å². The average Bonchev–Trinajstić information content (AvgIpc) is 2.82. The van der Waals surface area contributed by atoms with Crippen LogP contribution in [0.2, 0.25) is 5.22 Å². The van der Waals surface area contributed by atoms with Gasteiger partial charge in [0.25, 0.3) is 0 Å². The number of nitrogen functional groups attached to an aromatic ring is 1. The Morgan fingerprint density at radius 3 is 2.94 bits per heavy atom. The van der Waals surface area contributed by atoms with Crippen molar-refractivity contribution in [1.82, 2.24) is 4.98 Å². The zero-order valence-corrected chi connectivity index (χ0v) is 9.68. The first-order valence-electron chi connectivity index (χ1n) is 4.63. The predicted octanol–water partition coefficient (Wildman–Crippen LogP) is 3.79. The number of furan rings is 1. The summed E-state index contributed by atoms with van der Waals surface area (Å²) in [6.07, 6.45) is 1.55. The number of aromatic nitrogens is 1. The van der Waals surface area contributed by atoms with Gasteiger partial charge in [-0.3, -0.25) is 0 Å². The van der Waals surface area contributed by atoms with Crippen molar-refractivity contribution in [3.05, 3.63) is 35.7 Å².